The summed E-state index contributed by atoms with van der Waals surface area (Å²) in [5, 5.41) is 8.31. The highest BCUT2D eigenvalue weighted by Gasteiger charge is 2.19. The summed E-state index contributed by atoms with van der Waals surface area (Å²) in [5.74, 6) is -0.442. The lowest BCUT2D eigenvalue weighted by Crippen LogP contribution is -2.22. The summed E-state index contributed by atoms with van der Waals surface area (Å²) >= 11 is 7.22. The minimum Gasteiger partial charge on any atom is -0.480 e. The van der Waals surface area contributed by atoms with Gasteiger partial charge in [-0.1, -0.05) is 0 Å². The van der Waals surface area contributed by atoms with Gasteiger partial charge in [0.1, 0.15) is 5.38 Å². The summed E-state index contributed by atoms with van der Waals surface area (Å²) in [6.07, 6.45) is 2.02. The predicted molar refractivity (Wildman–Crippen MR) is 53.6 cm³/mol. The van der Waals surface area contributed by atoms with Crippen molar-refractivity contribution in [1.82, 2.24) is 0 Å². The number of hydrogen-bond donors (Lipinski definition) is 1. The third kappa shape index (κ3) is 4.20. The molecule has 5 heteroatoms. The lowest BCUT2D eigenvalue weighted by Gasteiger charge is -2.21. The fraction of sp³-hybridized carbons (Fsp3) is 0.875. The molecular weight excluding hydrogens is 212 g/mol. The molecule has 1 aliphatic rings. The number of hydrogen-bond acceptors (Lipinski definition) is 3. The van der Waals surface area contributed by atoms with Crippen molar-refractivity contribution in [3.8, 4) is 0 Å². The molecule has 1 fully saturated rings. The van der Waals surface area contributed by atoms with Gasteiger partial charge in [-0.15, -0.1) is 11.6 Å². The molecular formula is C8H13ClO3S. The molecule has 0 aromatic carbocycles. The van der Waals surface area contributed by atoms with Crippen LogP contribution in [-0.4, -0.2) is 40.7 Å². The highest BCUT2D eigenvalue weighted by Crippen LogP contribution is 2.23. The number of aliphatic carboxylic acids is 1. The number of alkyl halides is 1. The van der Waals surface area contributed by atoms with Crippen LogP contribution in [0.5, 0.6) is 0 Å². The maximum Gasteiger partial charge on any atom is 0.322 e. The Balaban J connectivity index is 2.13. The number of carboxylic acids is 1. The fourth-order valence-electron chi connectivity index (χ4n) is 1.13. The van der Waals surface area contributed by atoms with E-state index >= 15 is 0 Å². The van der Waals surface area contributed by atoms with E-state index in [9.17, 15) is 4.79 Å². The van der Waals surface area contributed by atoms with Crippen LogP contribution >= 0.6 is 23.4 Å². The smallest absolute Gasteiger partial charge is 0.322 e. The number of halogens is 1. The minimum atomic E-state index is -0.929. The number of rotatable bonds is 4. The van der Waals surface area contributed by atoms with E-state index in [0.29, 0.717) is 11.0 Å². The summed E-state index contributed by atoms with van der Waals surface area (Å²) in [5.41, 5.74) is 0. The van der Waals surface area contributed by atoms with Gasteiger partial charge >= 0.3 is 5.97 Å². The highest BCUT2D eigenvalue weighted by molar-refractivity contribution is 8.00. The summed E-state index contributed by atoms with van der Waals surface area (Å²) in [6, 6.07) is 0. The second-order valence-corrected chi connectivity index (χ2v) is 4.81. The molecule has 0 saturated carbocycles. The van der Waals surface area contributed by atoms with E-state index in [4.69, 9.17) is 21.4 Å². The van der Waals surface area contributed by atoms with Crippen molar-refractivity contribution in [2.75, 3.05) is 19.0 Å². The molecule has 0 bridgehead atoms. The van der Waals surface area contributed by atoms with Gasteiger partial charge in [0, 0.05) is 24.2 Å². The Kier molecular flexibility index (Phi) is 4.91. The Morgan fingerprint density at radius 1 is 1.62 bits per heavy atom. The number of ether oxygens (including phenoxy) is 1. The van der Waals surface area contributed by atoms with E-state index in [1.165, 1.54) is 0 Å². The third-order valence-electron chi connectivity index (χ3n) is 1.91. The zero-order chi connectivity index (χ0) is 9.68. The summed E-state index contributed by atoms with van der Waals surface area (Å²) in [6.45, 7) is 1.58. The summed E-state index contributed by atoms with van der Waals surface area (Å²) in [7, 11) is 0. The molecule has 76 valence electrons. The van der Waals surface area contributed by atoms with Crippen molar-refractivity contribution in [1.29, 1.82) is 0 Å². The van der Waals surface area contributed by atoms with Crippen molar-refractivity contribution >= 4 is 29.3 Å². The zero-order valence-electron chi connectivity index (χ0n) is 7.24. The van der Waals surface area contributed by atoms with Gasteiger partial charge in [0.05, 0.1) is 0 Å². The second-order valence-electron chi connectivity index (χ2n) is 2.95. The van der Waals surface area contributed by atoms with Crippen LogP contribution in [0.3, 0.4) is 0 Å². The van der Waals surface area contributed by atoms with Crippen LogP contribution in [0.4, 0.5) is 0 Å². The lowest BCUT2D eigenvalue weighted by molar-refractivity contribution is -0.136. The molecule has 0 aliphatic carbocycles. The molecule has 13 heavy (non-hydrogen) atoms. The van der Waals surface area contributed by atoms with Gasteiger partial charge in [-0.05, 0) is 12.8 Å². The van der Waals surface area contributed by atoms with Crippen LogP contribution in [0.2, 0.25) is 0 Å². The van der Waals surface area contributed by atoms with Gasteiger partial charge in [0.25, 0.3) is 0 Å². The molecule has 1 rings (SSSR count). The van der Waals surface area contributed by atoms with Crippen LogP contribution in [0.15, 0.2) is 0 Å². The summed E-state index contributed by atoms with van der Waals surface area (Å²) in [4.78, 5) is 10.4. The normalized spacial score (nSPS) is 21.3. The van der Waals surface area contributed by atoms with E-state index in [2.05, 4.69) is 0 Å². The zero-order valence-corrected chi connectivity index (χ0v) is 8.81. The van der Waals surface area contributed by atoms with Crippen LogP contribution in [0, 0.1) is 0 Å². The molecule has 0 spiro atoms. The average Bonchev–Trinajstić information content (AvgIpc) is 2.15. The van der Waals surface area contributed by atoms with Crippen LogP contribution in [0.1, 0.15) is 12.8 Å². The van der Waals surface area contributed by atoms with Crippen LogP contribution in [-0.2, 0) is 9.53 Å². The molecule has 0 radical (unpaired) electrons. The minimum absolute atomic E-state index is 0.488. The first kappa shape index (κ1) is 11.1. The molecule has 1 heterocycles. The Bertz CT molecular complexity index is 171. The number of carboxylic acid groups (broad SMARTS) is 1. The van der Waals surface area contributed by atoms with E-state index in [-0.39, 0.29) is 0 Å². The van der Waals surface area contributed by atoms with E-state index in [1.54, 1.807) is 11.8 Å². The van der Waals surface area contributed by atoms with Gasteiger partial charge in [0.15, 0.2) is 0 Å². The largest absolute Gasteiger partial charge is 0.480 e. The standard InChI is InChI=1S/C8H13ClO3S/c9-7(8(10)11)5-13-6-1-3-12-4-2-6/h6-7H,1-5H2,(H,10,11). The maximum absolute atomic E-state index is 10.4. The highest BCUT2D eigenvalue weighted by atomic mass is 35.5. The molecule has 1 N–H and O–H groups in total. The third-order valence-corrected chi connectivity index (χ3v) is 3.91. The van der Waals surface area contributed by atoms with Gasteiger partial charge in [-0.3, -0.25) is 4.79 Å². The second kappa shape index (κ2) is 5.73. The topological polar surface area (TPSA) is 46.5 Å². The summed E-state index contributed by atoms with van der Waals surface area (Å²) < 4.78 is 5.19. The van der Waals surface area contributed by atoms with E-state index < -0.39 is 11.3 Å². The molecule has 0 aromatic heterocycles. The molecule has 1 unspecified atom stereocenters. The molecule has 3 nitrogen and oxygen atoms in total. The molecule has 1 atom stereocenters. The quantitative estimate of drug-likeness (QED) is 0.737. The molecule has 0 aromatic rings. The first-order valence-corrected chi connectivity index (χ1v) is 5.75. The van der Waals surface area contributed by atoms with Crippen molar-refractivity contribution in [2.24, 2.45) is 0 Å². The Morgan fingerprint density at radius 2 is 2.23 bits per heavy atom. The molecule has 1 saturated heterocycles. The van der Waals surface area contributed by atoms with Gasteiger partial charge < -0.3 is 9.84 Å². The van der Waals surface area contributed by atoms with Gasteiger partial charge in [-0.25, -0.2) is 0 Å². The fourth-order valence-corrected chi connectivity index (χ4v) is 2.46. The number of carbonyl (C=O) groups is 1. The Morgan fingerprint density at radius 3 is 2.77 bits per heavy atom. The molecule has 1 aliphatic heterocycles. The van der Waals surface area contributed by atoms with E-state index in [0.717, 1.165) is 26.1 Å². The number of thioether (sulfide) groups is 1. The van der Waals surface area contributed by atoms with Crippen molar-refractivity contribution < 1.29 is 14.6 Å². The van der Waals surface area contributed by atoms with Gasteiger partial charge in [0.2, 0.25) is 0 Å². The first-order chi connectivity index (χ1) is 6.20. The first-order valence-electron chi connectivity index (χ1n) is 4.26. The van der Waals surface area contributed by atoms with Crippen LogP contribution in [0.25, 0.3) is 0 Å². The van der Waals surface area contributed by atoms with E-state index in [1.807, 2.05) is 0 Å². The maximum atomic E-state index is 10.4. The van der Waals surface area contributed by atoms with Crippen molar-refractivity contribution in [3.05, 3.63) is 0 Å². The van der Waals surface area contributed by atoms with Crippen molar-refractivity contribution in [2.45, 2.75) is 23.5 Å². The Labute approximate surface area is 86.8 Å². The lowest BCUT2D eigenvalue weighted by atomic mass is 10.2. The van der Waals surface area contributed by atoms with Crippen LogP contribution < -0.4 is 0 Å². The van der Waals surface area contributed by atoms with Gasteiger partial charge in [-0.2, -0.15) is 11.8 Å². The predicted octanol–water partition coefficient (Wildman–Crippen LogP) is 1.59. The monoisotopic (exact) mass is 224 g/mol. The Hall–Kier alpha value is 0.0700. The van der Waals surface area contributed by atoms with Crippen molar-refractivity contribution in [3.63, 3.8) is 0 Å². The SMILES string of the molecule is O=C(O)C(Cl)CSC1CCOCC1. The molecule has 0 amide bonds. The average molecular weight is 225 g/mol.